The third kappa shape index (κ3) is 4.81. The molecular formula is C19H24N4OS2. The van der Waals surface area contributed by atoms with E-state index in [0.29, 0.717) is 19.0 Å². The van der Waals surface area contributed by atoms with Gasteiger partial charge in [-0.3, -0.25) is 0 Å². The largest absolute Gasteiger partial charge is 0.386 e. The van der Waals surface area contributed by atoms with Gasteiger partial charge in [0.25, 0.3) is 0 Å². The highest BCUT2D eigenvalue weighted by Gasteiger charge is 2.12. The average Bonchev–Trinajstić information content (AvgIpc) is 3.30. The van der Waals surface area contributed by atoms with Gasteiger partial charge < -0.3 is 15.7 Å². The topological polar surface area (TPSA) is 69.5 Å². The van der Waals surface area contributed by atoms with Gasteiger partial charge in [0, 0.05) is 28.0 Å². The molecule has 0 saturated carbocycles. The lowest BCUT2D eigenvalue weighted by Gasteiger charge is -2.14. The number of hydrogen-bond donors (Lipinski definition) is 3. The van der Waals surface area contributed by atoms with Crippen LogP contribution in [0.3, 0.4) is 0 Å². The van der Waals surface area contributed by atoms with Crippen molar-refractivity contribution in [3.8, 4) is 0 Å². The summed E-state index contributed by atoms with van der Waals surface area (Å²) in [4.78, 5) is 10.1. The zero-order chi connectivity index (χ0) is 18.4. The second-order valence-electron chi connectivity index (χ2n) is 5.86. The van der Waals surface area contributed by atoms with Crippen molar-refractivity contribution in [1.82, 2.24) is 15.6 Å². The Balaban J connectivity index is 1.60. The van der Waals surface area contributed by atoms with Crippen molar-refractivity contribution in [1.29, 1.82) is 0 Å². The molecule has 3 aromatic rings. The molecule has 0 aliphatic rings. The second kappa shape index (κ2) is 9.12. The first-order chi connectivity index (χ1) is 12.7. The number of nitrogens with zero attached hydrogens (tertiary/aromatic N) is 2. The lowest BCUT2D eigenvalue weighted by molar-refractivity contribution is 0.184. The number of guanidine groups is 1. The van der Waals surface area contributed by atoms with Crippen LogP contribution in [0, 0.1) is 0 Å². The SMILES string of the molecule is CCNC(=NCc1csc(CC)n1)NCC(O)c1cc2ccccc2s1. The summed E-state index contributed by atoms with van der Waals surface area (Å²) in [5.74, 6) is 0.693. The normalized spacial score (nSPS) is 13.1. The molecule has 0 spiro atoms. The molecule has 2 aromatic heterocycles. The summed E-state index contributed by atoms with van der Waals surface area (Å²) >= 11 is 3.30. The highest BCUT2D eigenvalue weighted by molar-refractivity contribution is 7.19. The molecule has 1 unspecified atom stereocenters. The van der Waals surface area contributed by atoms with Gasteiger partial charge in [-0.1, -0.05) is 25.1 Å². The average molecular weight is 389 g/mol. The van der Waals surface area contributed by atoms with E-state index in [1.54, 1.807) is 22.7 Å². The molecule has 1 atom stereocenters. The summed E-state index contributed by atoms with van der Waals surface area (Å²) < 4.78 is 1.19. The highest BCUT2D eigenvalue weighted by Crippen LogP contribution is 2.29. The minimum Gasteiger partial charge on any atom is -0.386 e. The van der Waals surface area contributed by atoms with E-state index >= 15 is 0 Å². The van der Waals surface area contributed by atoms with E-state index in [1.165, 1.54) is 10.1 Å². The summed E-state index contributed by atoms with van der Waals surface area (Å²) in [7, 11) is 0. The van der Waals surface area contributed by atoms with Gasteiger partial charge in [-0.05, 0) is 30.9 Å². The Kier molecular flexibility index (Phi) is 6.60. The number of hydrogen-bond acceptors (Lipinski definition) is 5. The monoisotopic (exact) mass is 388 g/mol. The number of fused-ring (bicyclic) bond motifs is 1. The van der Waals surface area contributed by atoms with Crippen LogP contribution in [0.1, 0.15) is 35.5 Å². The van der Waals surface area contributed by atoms with E-state index in [0.717, 1.165) is 28.5 Å². The quantitative estimate of drug-likeness (QED) is 0.426. The van der Waals surface area contributed by atoms with Crippen molar-refractivity contribution in [3.63, 3.8) is 0 Å². The third-order valence-electron chi connectivity index (χ3n) is 3.88. The molecule has 26 heavy (non-hydrogen) atoms. The fraction of sp³-hybridized carbons (Fsp3) is 0.368. The number of nitrogens with one attached hydrogen (secondary N) is 2. The number of aliphatic hydroxyl groups is 1. The molecule has 1 aromatic carbocycles. The van der Waals surface area contributed by atoms with Crippen molar-refractivity contribution in [3.05, 3.63) is 51.3 Å². The zero-order valence-electron chi connectivity index (χ0n) is 15.0. The Morgan fingerprint density at radius 1 is 1.27 bits per heavy atom. The summed E-state index contributed by atoms with van der Waals surface area (Å²) in [5, 5.41) is 21.3. The van der Waals surface area contributed by atoms with Crippen LogP contribution in [0.25, 0.3) is 10.1 Å². The molecule has 2 heterocycles. The third-order valence-corrected chi connectivity index (χ3v) is 6.14. The molecule has 3 rings (SSSR count). The van der Waals surface area contributed by atoms with Crippen LogP contribution >= 0.6 is 22.7 Å². The molecule has 0 saturated heterocycles. The van der Waals surface area contributed by atoms with Crippen LogP contribution < -0.4 is 10.6 Å². The number of aryl methyl sites for hydroxylation is 1. The van der Waals surface area contributed by atoms with Crippen molar-refractivity contribution in [2.45, 2.75) is 32.9 Å². The molecule has 0 fully saturated rings. The van der Waals surface area contributed by atoms with Crippen LogP contribution in [0.15, 0.2) is 40.7 Å². The Hall–Kier alpha value is -1.96. The van der Waals surface area contributed by atoms with Gasteiger partial charge >= 0.3 is 0 Å². The summed E-state index contributed by atoms with van der Waals surface area (Å²) in [5.41, 5.74) is 0.981. The van der Waals surface area contributed by atoms with Crippen LogP contribution in [-0.2, 0) is 13.0 Å². The second-order valence-corrected chi connectivity index (χ2v) is 7.92. The van der Waals surface area contributed by atoms with E-state index < -0.39 is 6.10 Å². The van der Waals surface area contributed by atoms with Crippen LogP contribution in [0.2, 0.25) is 0 Å². The maximum atomic E-state index is 10.5. The fourth-order valence-electron chi connectivity index (χ4n) is 2.55. The lowest BCUT2D eigenvalue weighted by Crippen LogP contribution is -2.39. The van der Waals surface area contributed by atoms with Gasteiger partial charge in [-0.15, -0.1) is 22.7 Å². The molecule has 0 radical (unpaired) electrons. The van der Waals surface area contributed by atoms with E-state index in [2.05, 4.69) is 51.1 Å². The van der Waals surface area contributed by atoms with Crippen LogP contribution in [-0.4, -0.2) is 29.1 Å². The van der Waals surface area contributed by atoms with Gasteiger partial charge in [0.1, 0.15) is 6.10 Å². The molecule has 3 N–H and O–H groups in total. The molecule has 0 aliphatic heterocycles. The number of thiazole rings is 1. The molecule has 7 heteroatoms. The zero-order valence-corrected chi connectivity index (χ0v) is 16.7. The number of aliphatic hydroxyl groups excluding tert-OH is 1. The summed E-state index contributed by atoms with van der Waals surface area (Å²) in [6, 6.07) is 10.2. The standard InChI is InChI=1S/C19H24N4OS2/c1-3-18-23-14(12-25-18)10-21-19(20-4-2)22-11-15(24)17-9-13-7-5-6-8-16(13)26-17/h5-9,12,15,24H,3-4,10-11H2,1-2H3,(H2,20,21,22). The van der Waals surface area contributed by atoms with Crippen LogP contribution in [0.4, 0.5) is 0 Å². The minimum absolute atomic E-state index is 0.413. The highest BCUT2D eigenvalue weighted by atomic mass is 32.1. The maximum Gasteiger partial charge on any atom is 0.191 e. The Bertz CT molecular complexity index is 838. The predicted octanol–water partition coefficient (Wildman–Crippen LogP) is 3.71. The van der Waals surface area contributed by atoms with Gasteiger partial charge in [0.2, 0.25) is 0 Å². The van der Waals surface area contributed by atoms with Crippen molar-refractivity contribution in [2.75, 3.05) is 13.1 Å². The van der Waals surface area contributed by atoms with Crippen molar-refractivity contribution >= 4 is 38.7 Å². The van der Waals surface area contributed by atoms with Gasteiger partial charge in [0.05, 0.1) is 17.2 Å². The smallest absolute Gasteiger partial charge is 0.191 e. The predicted molar refractivity (Wildman–Crippen MR) is 111 cm³/mol. The molecular weight excluding hydrogens is 364 g/mol. The molecule has 0 bridgehead atoms. The number of benzene rings is 1. The summed E-state index contributed by atoms with van der Waals surface area (Å²) in [6.45, 7) is 5.84. The number of rotatable bonds is 7. The van der Waals surface area contributed by atoms with Crippen molar-refractivity contribution < 1.29 is 5.11 Å². The van der Waals surface area contributed by atoms with Gasteiger partial charge in [-0.2, -0.15) is 0 Å². The summed E-state index contributed by atoms with van der Waals surface area (Å²) in [6.07, 6.45) is 0.385. The number of aromatic nitrogens is 1. The van der Waals surface area contributed by atoms with Crippen molar-refractivity contribution in [2.24, 2.45) is 4.99 Å². The van der Waals surface area contributed by atoms with E-state index in [9.17, 15) is 5.11 Å². The Morgan fingerprint density at radius 3 is 2.85 bits per heavy atom. The van der Waals surface area contributed by atoms with E-state index in [-0.39, 0.29) is 0 Å². The first-order valence-corrected chi connectivity index (χ1v) is 10.5. The molecule has 5 nitrogen and oxygen atoms in total. The van der Waals surface area contributed by atoms with E-state index in [4.69, 9.17) is 0 Å². The fourth-order valence-corrected chi connectivity index (χ4v) is 4.33. The Labute approximate surface area is 161 Å². The van der Waals surface area contributed by atoms with Gasteiger partial charge in [-0.25, -0.2) is 9.98 Å². The minimum atomic E-state index is -0.567. The maximum absolute atomic E-state index is 10.5. The number of thiophene rings is 1. The van der Waals surface area contributed by atoms with Gasteiger partial charge in [0.15, 0.2) is 5.96 Å². The first kappa shape index (κ1) is 18.8. The Morgan fingerprint density at radius 2 is 2.12 bits per heavy atom. The molecule has 0 amide bonds. The molecule has 0 aliphatic carbocycles. The number of aliphatic imine (C=N–C) groups is 1. The first-order valence-electron chi connectivity index (χ1n) is 8.81. The van der Waals surface area contributed by atoms with Crippen LogP contribution in [0.5, 0.6) is 0 Å². The lowest BCUT2D eigenvalue weighted by atomic mass is 10.2. The molecule has 138 valence electrons. The van der Waals surface area contributed by atoms with E-state index in [1.807, 2.05) is 19.1 Å².